The summed E-state index contributed by atoms with van der Waals surface area (Å²) in [4.78, 5) is 23.2. The van der Waals surface area contributed by atoms with E-state index in [1.807, 2.05) is 21.1 Å². The predicted octanol–water partition coefficient (Wildman–Crippen LogP) is 13.8. The summed E-state index contributed by atoms with van der Waals surface area (Å²) in [7, 11) is 1.38. The van der Waals surface area contributed by atoms with Crippen LogP contribution in [0.1, 0.15) is 174 Å². The first-order valence-electron chi connectivity index (χ1n) is 25.3. The van der Waals surface area contributed by atoms with Gasteiger partial charge in [-0.15, -0.1) is 0 Å². The molecule has 1 amide bonds. The molecule has 9 nitrogen and oxygen atoms in total. The van der Waals surface area contributed by atoms with Crippen LogP contribution in [0.25, 0.3) is 0 Å². The number of nitrogens with one attached hydrogen (secondary N) is 1. The van der Waals surface area contributed by atoms with Gasteiger partial charge in [0.15, 0.2) is 0 Å². The summed E-state index contributed by atoms with van der Waals surface area (Å²) in [5.41, 5.74) is 0. The number of hydrogen-bond donors (Lipinski definition) is 4. The average Bonchev–Trinajstić information content (AvgIpc) is 3.26. The maximum absolute atomic E-state index is 12.9. The van der Waals surface area contributed by atoms with Crippen molar-refractivity contribution in [2.75, 3.05) is 40.9 Å². The molecule has 10 heteroatoms. The highest BCUT2D eigenvalue weighted by molar-refractivity contribution is 7.47. The third-order valence-corrected chi connectivity index (χ3v) is 11.6. The largest absolute Gasteiger partial charge is 0.472 e. The van der Waals surface area contributed by atoms with Gasteiger partial charge in [-0.05, 0) is 77.0 Å². The lowest BCUT2D eigenvalue weighted by atomic mass is 9.99. The van der Waals surface area contributed by atoms with Crippen molar-refractivity contribution in [2.24, 2.45) is 0 Å². The zero-order chi connectivity index (χ0) is 48.0. The molecule has 0 saturated heterocycles. The van der Waals surface area contributed by atoms with Crippen molar-refractivity contribution in [3.05, 3.63) is 109 Å². The summed E-state index contributed by atoms with van der Waals surface area (Å²) in [5.74, 6) is -0.321. The molecule has 0 fully saturated rings. The highest BCUT2D eigenvalue weighted by atomic mass is 31.2. The highest BCUT2D eigenvalue weighted by Crippen LogP contribution is 2.43. The minimum absolute atomic E-state index is 0.00449. The monoisotopic (exact) mass is 928 g/mol. The summed E-state index contributed by atoms with van der Waals surface area (Å²) in [5, 5.41) is 24.7. The summed E-state index contributed by atoms with van der Waals surface area (Å²) < 4.78 is 23.5. The van der Waals surface area contributed by atoms with Gasteiger partial charge in [0.05, 0.1) is 39.9 Å². The minimum atomic E-state index is -4.44. The molecule has 0 saturated carbocycles. The molecule has 0 spiro atoms. The predicted molar refractivity (Wildman–Crippen MR) is 278 cm³/mol. The second kappa shape index (κ2) is 44.9. The molecule has 0 aliphatic rings. The first-order chi connectivity index (χ1) is 31.4. The Balaban J connectivity index is 4.47. The number of hydrogen-bond acceptors (Lipinski definition) is 6. The zero-order valence-corrected chi connectivity index (χ0v) is 42.7. The smallest absolute Gasteiger partial charge is 0.390 e. The Morgan fingerprint density at radius 3 is 1.34 bits per heavy atom. The lowest BCUT2D eigenvalue weighted by molar-refractivity contribution is -0.870. The third kappa shape index (κ3) is 46.0. The van der Waals surface area contributed by atoms with Crippen LogP contribution in [0.3, 0.4) is 0 Å². The summed E-state index contributed by atoms with van der Waals surface area (Å²) in [6.45, 7) is 4.42. The van der Waals surface area contributed by atoms with Crippen LogP contribution in [0, 0.1) is 0 Å². The Bertz CT molecular complexity index is 1440. The molecule has 0 aromatic carbocycles. The SMILES string of the molecule is CC/C=C\C/C=C\C/C=C\C/C=C\C/C=C\C/C=C\C/C=C\C/C=C\C/C=C\CCCC(=O)NC(COP(=O)(O)OCC[N+](C)(C)C)C(O)C(O)CCCCCCCCCCCCCC. The second-order valence-corrected chi connectivity index (χ2v) is 19.4. The van der Waals surface area contributed by atoms with E-state index in [9.17, 15) is 24.5 Å². The van der Waals surface area contributed by atoms with Crippen molar-refractivity contribution >= 4 is 13.7 Å². The van der Waals surface area contributed by atoms with Gasteiger partial charge in [0, 0.05) is 6.42 Å². The number of unbranched alkanes of at least 4 members (excludes halogenated alkanes) is 12. The molecule has 0 aliphatic carbocycles. The summed E-state index contributed by atoms with van der Waals surface area (Å²) in [6, 6.07) is -1.07. The van der Waals surface area contributed by atoms with Crippen molar-refractivity contribution in [3.63, 3.8) is 0 Å². The fourth-order valence-corrected chi connectivity index (χ4v) is 7.35. The number of carbonyl (C=O) groups is 1. The number of phosphoric ester groups is 1. The molecule has 0 bridgehead atoms. The number of carbonyl (C=O) groups excluding carboxylic acids is 1. The van der Waals surface area contributed by atoms with Crippen LogP contribution in [0.2, 0.25) is 0 Å². The molecule has 0 aliphatic heterocycles. The highest BCUT2D eigenvalue weighted by Gasteiger charge is 2.31. The van der Waals surface area contributed by atoms with Gasteiger partial charge in [-0.2, -0.15) is 0 Å². The molecule has 0 rings (SSSR count). The molecule has 65 heavy (non-hydrogen) atoms. The molecule has 0 radical (unpaired) electrons. The van der Waals surface area contributed by atoms with Gasteiger partial charge in [0.2, 0.25) is 5.91 Å². The van der Waals surface area contributed by atoms with Gasteiger partial charge in [-0.1, -0.05) is 200 Å². The minimum Gasteiger partial charge on any atom is -0.390 e. The zero-order valence-electron chi connectivity index (χ0n) is 41.8. The lowest BCUT2D eigenvalue weighted by Gasteiger charge is -2.28. The van der Waals surface area contributed by atoms with Crippen LogP contribution in [0.4, 0.5) is 0 Å². The van der Waals surface area contributed by atoms with Crippen LogP contribution in [-0.4, -0.2) is 84.6 Å². The van der Waals surface area contributed by atoms with Crippen molar-refractivity contribution in [1.29, 1.82) is 0 Å². The number of amides is 1. The Labute approximate surface area is 398 Å². The molecule has 0 aromatic heterocycles. The van der Waals surface area contributed by atoms with Crippen LogP contribution < -0.4 is 5.32 Å². The molecule has 0 heterocycles. The van der Waals surface area contributed by atoms with E-state index >= 15 is 0 Å². The molecular formula is C55H96N2O7P+. The van der Waals surface area contributed by atoms with Crippen molar-refractivity contribution in [3.8, 4) is 0 Å². The van der Waals surface area contributed by atoms with Crippen LogP contribution in [0.5, 0.6) is 0 Å². The molecule has 4 atom stereocenters. The van der Waals surface area contributed by atoms with Gasteiger partial charge < -0.3 is 24.9 Å². The Hall–Kier alpha value is -2.88. The number of allylic oxidation sites excluding steroid dienone is 18. The van der Waals surface area contributed by atoms with Gasteiger partial charge in [-0.25, -0.2) is 4.57 Å². The van der Waals surface area contributed by atoms with Gasteiger partial charge in [-0.3, -0.25) is 13.8 Å². The van der Waals surface area contributed by atoms with E-state index in [1.54, 1.807) is 0 Å². The van der Waals surface area contributed by atoms with Crippen molar-refractivity contribution < 1.29 is 38.0 Å². The molecular weight excluding hydrogens is 832 g/mol. The Morgan fingerprint density at radius 2 is 0.938 bits per heavy atom. The van der Waals surface area contributed by atoms with E-state index in [0.29, 0.717) is 30.3 Å². The Kier molecular flexibility index (Phi) is 42.9. The molecule has 372 valence electrons. The summed E-state index contributed by atoms with van der Waals surface area (Å²) >= 11 is 0. The average molecular weight is 928 g/mol. The van der Waals surface area contributed by atoms with Crippen molar-refractivity contribution in [1.82, 2.24) is 5.32 Å². The first kappa shape index (κ1) is 62.1. The number of aliphatic hydroxyl groups excluding tert-OH is 2. The maximum Gasteiger partial charge on any atom is 0.472 e. The van der Waals surface area contributed by atoms with Gasteiger partial charge >= 0.3 is 7.82 Å². The maximum atomic E-state index is 12.9. The summed E-state index contributed by atoms with van der Waals surface area (Å²) in [6.07, 6.45) is 61.7. The molecule has 0 aromatic rings. The number of quaternary nitrogens is 1. The number of nitrogens with zero attached hydrogens (tertiary/aromatic N) is 1. The number of aliphatic hydroxyl groups is 2. The van der Waals surface area contributed by atoms with E-state index < -0.39 is 32.7 Å². The second-order valence-electron chi connectivity index (χ2n) is 17.9. The van der Waals surface area contributed by atoms with Crippen LogP contribution >= 0.6 is 7.82 Å². The lowest BCUT2D eigenvalue weighted by Crippen LogP contribution is -2.51. The van der Waals surface area contributed by atoms with Crippen molar-refractivity contribution in [2.45, 2.75) is 193 Å². The molecule has 4 N–H and O–H groups in total. The fraction of sp³-hybridized carbons (Fsp3) is 0.655. The fourth-order valence-electron chi connectivity index (χ4n) is 6.61. The number of phosphoric acid groups is 1. The number of rotatable bonds is 44. The van der Waals surface area contributed by atoms with E-state index in [0.717, 1.165) is 83.5 Å². The van der Waals surface area contributed by atoms with Gasteiger partial charge in [0.1, 0.15) is 19.3 Å². The third-order valence-electron chi connectivity index (χ3n) is 10.6. The first-order valence-corrected chi connectivity index (χ1v) is 26.8. The van der Waals surface area contributed by atoms with Gasteiger partial charge in [0.25, 0.3) is 0 Å². The van der Waals surface area contributed by atoms with Crippen LogP contribution in [0.15, 0.2) is 109 Å². The number of likely N-dealkylation sites (N-methyl/N-ethyl adjacent to an activating group) is 1. The van der Waals surface area contributed by atoms with E-state index in [-0.39, 0.29) is 18.9 Å². The van der Waals surface area contributed by atoms with Crippen LogP contribution in [-0.2, 0) is 18.4 Å². The Morgan fingerprint density at radius 1 is 0.554 bits per heavy atom. The normalized spacial score (nSPS) is 15.5. The van der Waals surface area contributed by atoms with E-state index in [2.05, 4.69) is 129 Å². The quantitative estimate of drug-likeness (QED) is 0.0208. The standard InChI is InChI=1S/C55H95N2O7P/c1-6-8-10-12-14-16-18-20-21-22-23-24-25-26-27-28-29-30-31-32-33-34-35-36-38-40-42-44-46-48-54(59)56-52(51-64-65(61,62)63-50-49-57(3,4)5)55(60)53(58)47-45-43-41-39-37-19-17-15-13-11-9-7-2/h8,10,14,16,20-21,23-24,26-27,29-30,32-33,35-36,40,42,52-53,55,58,60H,6-7,9,11-13,15,17-19,22,25,28,31,34,37-39,41,43-51H2,1-5H3,(H-,56,59,61,62)/p+1/b10-8-,16-14-,21-20-,24-23-,27-26-,30-29-,33-32-,36-35-,42-40-. The van der Waals surface area contributed by atoms with E-state index in [1.165, 1.54) is 51.4 Å². The topological polar surface area (TPSA) is 125 Å². The molecule has 4 unspecified atom stereocenters. The van der Waals surface area contributed by atoms with E-state index in [4.69, 9.17) is 9.05 Å².